The van der Waals surface area contributed by atoms with Gasteiger partial charge >= 0.3 is 0 Å². The molecule has 1 fully saturated rings. The number of hydrogen-bond donors (Lipinski definition) is 3. The van der Waals surface area contributed by atoms with Gasteiger partial charge in [-0.15, -0.1) is 0 Å². The Hall–Kier alpha value is -3.33. The molecule has 30 heavy (non-hydrogen) atoms. The van der Waals surface area contributed by atoms with Gasteiger partial charge in [0.2, 0.25) is 5.95 Å². The molecule has 3 aromatic rings. The van der Waals surface area contributed by atoms with Crippen LogP contribution in [0.2, 0.25) is 0 Å². The lowest BCUT2D eigenvalue weighted by atomic mass is 10.1. The Labute approximate surface area is 174 Å². The summed E-state index contributed by atoms with van der Waals surface area (Å²) in [7, 11) is 0. The molecular formula is C21H24FN7O. The van der Waals surface area contributed by atoms with E-state index in [9.17, 15) is 9.50 Å². The summed E-state index contributed by atoms with van der Waals surface area (Å²) >= 11 is 0. The first kappa shape index (κ1) is 20.0. The third kappa shape index (κ3) is 4.98. The first-order valence-corrected chi connectivity index (χ1v) is 9.94. The van der Waals surface area contributed by atoms with Crippen molar-refractivity contribution in [2.45, 2.75) is 31.9 Å². The van der Waals surface area contributed by atoms with Gasteiger partial charge in [0, 0.05) is 31.5 Å². The number of halogens is 1. The van der Waals surface area contributed by atoms with E-state index in [1.807, 2.05) is 13.0 Å². The maximum absolute atomic E-state index is 13.2. The van der Waals surface area contributed by atoms with Gasteiger partial charge in [0.25, 0.3) is 0 Å². The Morgan fingerprint density at radius 1 is 1.10 bits per heavy atom. The van der Waals surface area contributed by atoms with E-state index in [2.05, 4.69) is 35.5 Å². The Kier molecular flexibility index (Phi) is 5.99. The molecule has 0 aliphatic carbocycles. The minimum atomic E-state index is -0.271. The topological polar surface area (TPSA) is 99.1 Å². The molecule has 156 valence electrons. The second-order valence-electron chi connectivity index (χ2n) is 7.29. The molecule has 0 amide bonds. The summed E-state index contributed by atoms with van der Waals surface area (Å²) in [5.41, 5.74) is 0.926. The first-order valence-electron chi connectivity index (χ1n) is 9.94. The molecular weight excluding hydrogens is 385 g/mol. The number of rotatable bonds is 6. The second-order valence-corrected chi connectivity index (χ2v) is 7.29. The van der Waals surface area contributed by atoms with Crippen molar-refractivity contribution in [3.05, 3.63) is 60.3 Å². The van der Waals surface area contributed by atoms with Crippen LogP contribution in [0.1, 0.15) is 31.4 Å². The molecule has 1 atom stereocenters. The number of nitrogens with one attached hydrogen (secondary N) is 2. The van der Waals surface area contributed by atoms with Crippen LogP contribution in [0.5, 0.6) is 0 Å². The summed E-state index contributed by atoms with van der Waals surface area (Å²) in [6.45, 7) is 3.40. The molecule has 1 aliphatic rings. The average Bonchev–Trinajstić information content (AvgIpc) is 2.75. The zero-order valence-electron chi connectivity index (χ0n) is 16.7. The Balaban J connectivity index is 1.59. The van der Waals surface area contributed by atoms with Crippen LogP contribution in [-0.4, -0.2) is 44.2 Å². The van der Waals surface area contributed by atoms with Gasteiger partial charge in [0.15, 0.2) is 0 Å². The first-order chi connectivity index (χ1) is 14.6. The highest BCUT2D eigenvalue weighted by molar-refractivity contribution is 5.59. The Bertz CT molecular complexity index is 963. The van der Waals surface area contributed by atoms with Crippen LogP contribution in [0.3, 0.4) is 0 Å². The number of hydrogen-bond acceptors (Lipinski definition) is 8. The van der Waals surface area contributed by atoms with E-state index in [1.54, 1.807) is 30.7 Å². The predicted molar refractivity (Wildman–Crippen MR) is 113 cm³/mol. The van der Waals surface area contributed by atoms with E-state index in [-0.39, 0.29) is 18.0 Å². The second kappa shape index (κ2) is 9.00. The maximum Gasteiger partial charge on any atom is 0.227 e. The minimum Gasteiger partial charge on any atom is -0.393 e. The van der Waals surface area contributed by atoms with Crippen LogP contribution in [0.25, 0.3) is 0 Å². The highest BCUT2D eigenvalue weighted by Gasteiger charge is 2.20. The van der Waals surface area contributed by atoms with Crippen molar-refractivity contribution >= 4 is 23.4 Å². The molecule has 0 spiro atoms. The number of aliphatic hydroxyl groups excluding tert-OH is 1. The van der Waals surface area contributed by atoms with Gasteiger partial charge < -0.3 is 20.6 Å². The molecule has 4 rings (SSSR count). The summed E-state index contributed by atoms with van der Waals surface area (Å²) in [5, 5.41) is 16.3. The molecule has 1 saturated heterocycles. The van der Waals surface area contributed by atoms with Crippen LogP contribution in [0, 0.1) is 5.82 Å². The van der Waals surface area contributed by atoms with Crippen molar-refractivity contribution in [3.8, 4) is 0 Å². The van der Waals surface area contributed by atoms with E-state index in [0.717, 1.165) is 24.5 Å². The van der Waals surface area contributed by atoms with Gasteiger partial charge in [-0.3, -0.25) is 4.98 Å². The van der Waals surface area contributed by atoms with Gasteiger partial charge in [0.05, 0.1) is 18.3 Å². The number of piperidine rings is 1. The number of benzene rings is 1. The van der Waals surface area contributed by atoms with E-state index in [1.165, 1.54) is 12.1 Å². The highest BCUT2D eigenvalue weighted by Crippen LogP contribution is 2.25. The fraction of sp³-hybridized carbons (Fsp3) is 0.333. The van der Waals surface area contributed by atoms with Gasteiger partial charge in [-0.05, 0) is 37.5 Å². The van der Waals surface area contributed by atoms with Crippen molar-refractivity contribution < 1.29 is 9.50 Å². The van der Waals surface area contributed by atoms with E-state index in [4.69, 9.17) is 0 Å². The van der Waals surface area contributed by atoms with Crippen molar-refractivity contribution in [2.75, 3.05) is 28.6 Å². The Morgan fingerprint density at radius 2 is 1.87 bits per heavy atom. The van der Waals surface area contributed by atoms with Crippen molar-refractivity contribution in [1.29, 1.82) is 0 Å². The third-order valence-electron chi connectivity index (χ3n) is 5.04. The SMILES string of the molecule is CC(Nc1nc(Nc2cnccn2)cc(N2CCC(O)CC2)n1)c1ccc(F)cc1. The smallest absolute Gasteiger partial charge is 0.227 e. The number of anilines is 4. The zero-order chi connectivity index (χ0) is 20.9. The van der Waals surface area contributed by atoms with Crippen molar-refractivity contribution in [1.82, 2.24) is 19.9 Å². The summed E-state index contributed by atoms with van der Waals surface area (Å²) in [5.74, 6) is 2.10. The zero-order valence-corrected chi connectivity index (χ0v) is 16.7. The molecule has 1 aromatic carbocycles. The summed E-state index contributed by atoms with van der Waals surface area (Å²) in [4.78, 5) is 19.7. The summed E-state index contributed by atoms with van der Waals surface area (Å²) < 4.78 is 13.2. The normalized spacial score (nSPS) is 15.6. The maximum atomic E-state index is 13.2. The van der Waals surface area contributed by atoms with Gasteiger partial charge in [-0.1, -0.05) is 12.1 Å². The molecule has 1 unspecified atom stereocenters. The minimum absolute atomic E-state index is 0.117. The Morgan fingerprint density at radius 3 is 2.57 bits per heavy atom. The fourth-order valence-electron chi connectivity index (χ4n) is 3.34. The molecule has 0 radical (unpaired) electrons. The molecule has 2 aromatic heterocycles. The standard InChI is InChI=1S/C21H24FN7O/c1-14(15-2-4-16(22)5-3-15)25-21-27-18(26-19-13-23-8-9-24-19)12-20(28-21)29-10-6-17(30)7-11-29/h2-5,8-9,12-14,17,30H,6-7,10-11H2,1H3,(H2,24,25,26,27,28). The van der Waals surface area contributed by atoms with Crippen LogP contribution >= 0.6 is 0 Å². The lowest BCUT2D eigenvalue weighted by Crippen LogP contribution is -2.36. The molecule has 3 heterocycles. The van der Waals surface area contributed by atoms with E-state index < -0.39 is 0 Å². The van der Waals surface area contributed by atoms with Crippen molar-refractivity contribution in [2.24, 2.45) is 0 Å². The van der Waals surface area contributed by atoms with Crippen LogP contribution in [0.4, 0.5) is 27.8 Å². The molecule has 8 nitrogen and oxygen atoms in total. The number of aliphatic hydroxyl groups is 1. The monoisotopic (exact) mass is 409 g/mol. The highest BCUT2D eigenvalue weighted by atomic mass is 19.1. The molecule has 9 heteroatoms. The van der Waals surface area contributed by atoms with Crippen LogP contribution in [0.15, 0.2) is 48.9 Å². The quantitative estimate of drug-likeness (QED) is 0.570. The summed E-state index contributed by atoms with van der Waals surface area (Å²) in [6, 6.07) is 8.09. The van der Waals surface area contributed by atoms with Gasteiger partial charge in [0.1, 0.15) is 23.3 Å². The lowest BCUT2D eigenvalue weighted by Gasteiger charge is -2.31. The van der Waals surface area contributed by atoms with E-state index in [0.29, 0.717) is 30.4 Å². The summed E-state index contributed by atoms with van der Waals surface area (Å²) in [6.07, 6.45) is 5.96. The van der Waals surface area contributed by atoms with Crippen molar-refractivity contribution in [3.63, 3.8) is 0 Å². The van der Waals surface area contributed by atoms with Gasteiger partial charge in [-0.25, -0.2) is 9.37 Å². The molecule has 3 N–H and O–H groups in total. The average molecular weight is 409 g/mol. The molecule has 0 bridgehead atoms. The van der Waals surface area contributed by atoms with Crippen LogP contribution in [-0.2, 0) is 0 Å². The number of nitrogens with zero attached hydrogens (tertiary/aromatic N) is 5. The fourth-order valence-corrected chi connectivity index (χ4v) is 3.34. The largest absolute Gasteiger partial charge is 0.393 e. The lowest BCUT2D eigenvalue weighted by molar-refractivity contribution is 0.145. The number of aromatic nitrogens is 4. The predicted octanol–water partition coefficient (Wildman–Crippen LogP) is 3.28. The van der Waals surface area contributed by atoms with Crippen LogP contribution < -0.4 is 15.5 Å². The van der Waals surface area contributed by atoms with Gasteiger partial charge in [-0.2, -0.15) is 9.97 Å². The third-order valence-corrected chi connectivity index (χ3v) is 5.04. The van der Waals surface area contributed by atoms with E-state index >= 15 is 0 Å². The molecule has 0 saturated carbocycles. The molecule has 1 aliphatic heterocycles.